The van der Waals surface area contributed by atoms with Gasteiger partial charge in [-0.05, 0) is 25.8 Å². The van der Waals surface area contributed by atoms with Gasteiger partial charge in [-0.25, -0.2) is 17.2 Å². The third-order valence-electron chi connectivity index (χ3n) is 3.51. The number of alkyl halides is 2. The first kappa shape index (κ1) is 14.1. The lowest BCUT2D eigenvalue weighted by atomic mass is 9.80. The summed E-state index contributed by atoms with van der Waals surface area (Å²) in [6, 6.07) is 0. The summed E-state index contributed by atoms with van der Waals surface area (Å²) in [6.45, 7) is 0.565. The van der Waals surface area contributed by atoms with Crippen LogP contribution in [0, 0.1) is 0 Å². The molecule has 2 rings (SSSR count). The van der Waals surface area contributed by atoms with Crippen molar-refractivity contribution >= 4 is 22.2 Å². The van der Waals surface area contributed by atoms with Crippen LogP contribution in [0.5, 0.6) is 0 Å². The third kappa shape index (κ3) is 2.33. The lowest BCUT2D eigenvalue weighted by molar-refractivity contribution is -0.117. The molecular formula is C9H16ClF2NO2S. The molecule has 2 heterocycles. The fraction of sp³-hybridized carbons (Fsp3) is 1.00. The Morgan fingerprint density at radius 3 is 2.12 bits per heavy atom. The molecule has 0 aromatic carbocycles. The topological polar surface area (TPSA) is 46.2 Å². The molecule has 2 fully saturated rings. The highest BCUT2D eigenvalue weighted by Gasteiger charge is 2.56. The van der Waals surface area contributed by atoms with E-state index in [-0.39, 0.29) is 43.2 Å². The Morgan fingerprint density at radius 2 is 1.62 bits per heavy atom. The number of rotatable bonds is 0. The molecular weight excluding hydrogens is 260 g/mol. The molecule has 0 unspecified atom stereocenters. The smallest absolute Gasteiger partial charge is 0.266 e. The van der Waals surface area contributed by atoms with E-state index < -0.39 is 21.3 Å². The van der Waals surface area contributed by atoms with E-state index in [1.54, 1.807) is 0 Å². The largest absolute Gasteiger partial charge is 0.306 e. The van der Waals surface area contributed by atoms with Crippen molar-refractivity contribution in [3.63, 3.8) is 0 Å². The maximum absolute atomic E-state index is 13.7. The minimum absolute atomic E-state index is 0. The molecule has 0 radical (unpaired) electrons. The molecule has 7 heteroatoms. The molecule has 0 atom stereocenters. The predicted molar refractivity (Wildman–Crippen MR) is 60.1 cm³/mol. The van der Waals surface area contributed by atoms with Crippen molar-refractivity contribution in [2.75, 3.05) is 18.1 Å². The number of hydrogen-bond acceptors (Lipinski definition) is 3. The number of piperidine rings is 1. The van der Waals surface area contributed by atoms with Gasteiger partial charge in [-0.2, -0.15) is 0 Å². The molecule has 2 saturated heterocycles. The van der Waals surface area contributed by atoms with Gasteiger partial charge in [-0.15, -0.1) is 12.4 Å². The lowest BCUT2D eigenvalue weighted by Gasteiger charge is -2.46. The highest BCUT2D eigenvalue weighted by molar-refractivity contribution is 7.91. The lowest BCUT2D eigenvalue weighted by Crippen LogP contribution is -2.64. The van der Waals surface area contributed by atoms with Crippen molar-refractivity contribution in [2.24, 2.45) is 0 Å². The van der Waals surface area contributed by atoms with Gasteiger partial charge in [0.05, 0.1) is 17.0 Å². The molecule has 1 N–H and O–H groups in total. The summed E-state index contributed by atoms with van der Waals surface area (Å²) in [6.07, 6.45) is 0.423. The van der Waals surface area contributed by atoms with Crippen LogP contribution in [-0.4, -0.2) is 37.9 Å². The second-order valence-corrected chi connectivity index (χ2v) is 6.77. The van der Waals surface area contributed by atoms with Crippen molar-refractivity contribution < 1.29 is 17.2 Å². The van der Waals surface area contributed by atoms with Crippen molar-refractivity contribution in [3.05, 3.63) is 0 Å². The van der Waals surface area contributed by atoms with Gasteiger partial charge in [-0.1, -0.05) is 0 Å². The predicted octanol–water partition coefficient (Wildman–Crippen LogP) is 1.37. The van der Waals surface area contributed by atoms with E-state index in [2.05, 4.69) is 5.32 Å². The summed E-state index contributed by atoms with van der Waals surface area (Å²) in [5.74, 6) is -2.99. The Hall–Kier alpha value is 0.0600. The van der Waals surface area contributed by atoms with Crippen LogP contribution in [-0.2, 0) is 9.84 Å². The molecule has 1 spiro atoms. The maximum Gasteiger partial charge on any atom is 0.266 e. The van der Waals surface area contributed by atoms with Gasteiger partial charge in [0.15, 0.2) is 0 Å². The van der Waals surface area contributed by atoms with Crippen molar-refractivity contribution in [1.29, 1.82) is 0 Å². The number of hydrogen-bond donors (Lipinski definition) is 1. The summed E-state index contributed by atoms with van der Waals surface area (Å²) >= 11 is 0. The van der Waals surface area contributed by atoms with E-state index in [4.69, 9.17) is 0 Å². The zero-order valence-electron chi connectivity index (χ0n) is 8.84. The molecule has 0 saturated carbocycles. The first-order chi connectivity index (χ1) is 6.87. The summed E-state index contributed by atoms with van der Waals surface area (Å²) in [5.41, 5.74) is -1.25. The van der Waals surface area contributed by atoms with Gasteiger partial charge in [0.2, 0.25) is 0 Å². The van der Waals surface area contributed by atoms with Crippen LogP contribution >= 0.6 is 12.4 Å². The Labute approximate surface area is 100 Å². The third-order valence-corrected chi connectivity index (χ3v) is 5.16. The van der Waals surface area contributed by atoms with Gasteiger partial charge in [0.1, 0.15) is 9.84 Å². The van der Waals surface area contributed by atoms with Crippen LogP contribution in [0.2, 0.25) is 0 Å². The van der Waals surface area contributed by atoms with Crippen LogP contribution in [0.25, 0.3) is 0 Å². The zero-order chi connectivity index (χ0) is 11.2. The average molecular weight is 276 g/mol. The summed E-state index contributed by atoms with van der Waals surface area (Å²) in [7, 11) is -3.08. The van der Waals surface area contributed by atoms with E-state index in [1.165, 1.54) is 0 Å². The van der Waals surface area contributed by atoms with Crippen molar-refractivity contribution in [1.82, 2.24) is 5.32 Å². The van der Waals surface area contributed by atoms with Gasteiger partial charge in [0.25, 0.3) is 5.92 Å². The second-order valence-electron chi connectivity index (χ2n) is 4.47. The van der Waals surface area contributed by atoms with Crippen LogP contribution in [0.1, 0.15) is 25.7 Å². The summed E-state index contributed by atoms with van der Waals surface area (Å²) < 4.78 is 49.9. The summed E-state index contributed by atoms with van der Waals surface area (Å²) in [5, 5.41) is 2.85. The Balaban J connectivity index is 0.00000128. The SMILES string of the molecule is Cl.O=S1(=O)CCC2(CC1)NCCCC2(F)F. The zero-order valence-corrected chi connectivity index (χ0v) is 10.5. The first-order valence-corrected chi connectivity index (χ1v) is 7.02. The quantitative estimate of drug-likeness (QED) is 0.726. The van der Waals surface area contributed by atoms with Gasteiger partial charge in [-0.3, -0.25) is 0 Å². The van der Waals surface area contributed by atoms with Crippen LogP contribution in [0.15, 0.2) is 0 Å². The fourth-order valence-electron chi connectivity index (χ4n) is 2.44. The van der Waals surface area contributed by atoms with Crippen molar-refractivity contribution in [3.8, 4) is 0 Å². The molecule has 0 aromatic rings. The van der Waals surface area contributed by atoms with Crippen LogP contribution < -0.4 is 5.32 Å². The minimum Gasteiger partial charge on any atom is -0.306 e. The maximum atomic E-state index is 13.7. The van der Waals surface area contributed by atoms with Gasteiger partial charge < -0.3 is 5.32 Å². The molecule has 96 valence electrons. The molecule has 0 aromatic heterocycles. The highest BCUT2D eigenvalue weighted by Crippen LogP contribution is 2.43. The second kappa shape index (κ2) is 4.38. The monoisotopic (exact) mass is 275 g/mol. The van der Waals surface area contributed by atoms with Crippen LogP contribution in [0.3, 0.4) is 0 Å². The molecule has 2 aliphatic heterocycles. The van der Waals surface area contributed by atoms with Gasteiger partial charge in [0, 0.05) is 6.42 Å². The fourth-order valence-corrected chi connectivity index (χ4v) is 3.96. The normalized spacial score (nSPS) is 30.6. The van der Waals surface area contributed by atoms with E-state index >= 15 is 0 Å². The van der Waals surface area contributed by atoms with Gasteiger partial charge >= 0.3 is 0 Å². The molecule has 2 aliphatic rings. The first-order valence-electron chi connectivity index (χ1n) is 5.20. The van der Waals surface area contributed by atoms with E-state index in [9.17, 15) is 17.2 Å². The molecule has 0 aliphatic carbocycles. The average Bonchev–Trinajstić information content (AvgIpc) is 2.14. The Bertz CT molecular complexity index is 345. The summed E-state index contributed by atoms with van der Waals surface area (Å²) in [4.78, 5) is 0. The van der Waals surface area contributed by atoms with Crippen LogP contribution in [0.4, 0.5) is 8.78 Å². The highest BCUT2D eigenvalue weighted by atomic mass is 35.5. The van der Waals surface area contributed by atoms with E-state index in [0.29, 0.717) is 13.0 Å². The van der Waals surface area contributed by atoms with Crippen molar-refractivity contribution in [2.45, 2.75) is 37.1 Å². The van der Waals surface area contributed by atoms with E-state index in [0.717, 1.165) is 0 Å². The molecule has 16 heavy (non-hydrogen) atoms. The number of halogens is 3. The molecule has 0 bridgehead atoms. The molecule has 0 amide bonds. The number of nitrogens with one attached hydrogen (secondary N) is 1. The van der Waals surface area contributed by atoms with E-state index in [1.807, 2.05) is 0 Å². The minimum atomic E-state index is -3.08. The Kier molecular flexibility index (Phi) is 3.87. The molecule has 3 nitrogen and oxygen atoms in total. The Morgan fingerprint density at radius 1 is 1.06 bits per heavy atom. The number of sulfone groups is 1. The standard InChI is InChI=1S/C9H15F2NO2S.ClH/c10-9(11)2-1-5-12-8(9)3-6-15(13,14)7-4-8;/h12H,1-7H2;1H.